The minimum atomic E-state index is 0.178. The van der Waals surface area contributed by atoms with Crippen LogP contribution in [-0.2, 0) is 17.4 Å². The number of fused-ring (bicyclic) bond motifs is 3. The molecule has 2 aliphatic rings. The van der Waals surface area contributed by atoms with Crippen molar-refractivity contribution in [2.24, 2.45) is 0 Å². The molecule has 0 fully saturated rings. The van der Waals surface area contributed by atoms with Crippen LogP contribution in [0.2, 0.25) is 0 Å². The molecule has 3 nitrogen and oxygen atoms in total. The van der Waals surface area contributed by atoms with Crippen LogP contribution < -0.4 is 9.30 Å². The summed E-state index contributed by atoms with van der Waals surface area (Å²) in [5, 5.41) is 0. The van der Waals surface area contributed by atoms with Crippen molar-refractivity contribution in [3.63, 3.8) is 0 Å². The fourth-order valence-corrected chi connectivity index (χ4v) is 4.88. The fraction of sp³-hybridized carbons (Fsp3) is 0.480. The van der Waals surface area contributed by atoms with Crippen LogP contribution in [0, 0.1) is 6.33 Å². The highest BCUT2D eigenvalue weighted by atomic mass is 16.5. The molecule has 28 heavy (non-hydrogen) atoms. The number of imidazole rings is 1. The van der Waals surface area contributed by atoms with Gasteiger partial charge in [-0.1, -0.05) is 53.2 Å². The molecule has 1 aromatic heterocycles. The molecule has 3 heteroatoms. The van der Waals surface area contributed by atoms with Crippen molar-refractivity contribution < 1.29 is 9.30 Å². The Kier molecular flexibility index (Phi) is 3.72. The Morgan fingerprint density at radius 1 is 1.04 bits per heavy atom. The summed E-state index contributed by atoms with van der Waals surface area (Å²) in [6.45, 7) is 12.7. The van der Waals surface area contributed by atoms with E-state index >= 15 is 0 Å². The van der Waals surface area contributed by atoms with Gasteiger partial charge in [0.2, 0.25) is 6.33 Å². The number of hydrogen-bond acceptors (Lipinski definition) is 1. The van der Waals surface area contributed by atoms with Gasteiger partial charge in [0.25, 0.3) is 0 Å². The molecule has 2 aromatic carbocycles. The van der Waals surface area contributed by atoms with Gasteiger partial charge in [0.1, 0.15) is 11.5 Å². The molecule has 0 bridgehead atoms. The van der Waals surface area contributed by atoms with E-state index in [2.05, 4.69) is 80.4 Å². The van der Waals surface area contributed by atoms with Crippen LogP contribution in [-0.4, -0.2) is 4.57 Å². The summed E-state index contributed by atoms with van der Waals surface area (Å²) in [5.74, 6) is 1.89. The SMILES string of the molecule is CCCCn1[c-][n+]2c3c(cccc31)Oc1cc3c(cc1-2)C(C)(C)CCC3(C)C. The second-order valence-corrected chi connectivity index (χ2v) is 9.80. The second kappa shape index (κ2) is 5.85. The van der Waals surface area contributed by atoms with Crippen LogP contribution in [0.1, 0.15) is 71.4 Å². The van der Waals surface area contributed by atoms with Crippen molar-refractivity contribution in [3.8, 4) is 17.2 Å². The molecule has 3 aromatic rings. The summed E-state index contributed by atoms with van der Waals surface area (Å²) in [6, 6.07) is 11.0. The highest BCUT2D eigenvalue weighted by molar-refractivity contribution is 5.81. The molecule has 1 aliphatic heterocycles. The number of rotatable bonds is 3. The number of aryl methyl sites for hydroxylation is 1. The van der Waals surface area contributed by atoms with Crippen LogP contribution in [0.15, 0.2) is 30.3 Å². The van der Waals surface area contributed by atoms with Crippen LogP contribution in [0.25, 0.3) is 16.7 Å². The van der Waals surface area contributed by atoms with Gasteiger partial charge < -0.3 is 13.9 Å². The van der Waals surface area contributed by atoms with Crippen molar-refractivity contribution >= 4 is 11.0 Å². The Labute approximate surface area is 168 Å². The van der Waals surface area contributed by atoms with Crippen molar-refractivity contribution in [2.45, 2.75) is 77.7 Å². The first-order valence-electron chi connectivity index (χ1n) is 10.7. The van der Waals surface area contributed by atoms with Crippen molar-refractivity contribution in [1.82, 2.24) is 4.57 Å². The van der Waals surface area contributed by atoms with E-state index in [0.717, 1.165) is 35.7 Å². The molecule has 0 spiro atoms. The molecule has 0 atom stereocenters. The number of benzene rings is 2. The van der Waals surface area contributed by atoms with E-state index in [1.807, 2.05) is 0 Å². The Hall–Kier alpha value is -2.29. The first-order valence-corrected chi connectivity index (χ1v) is 10.7. The third-order valence-electron chi connectivity index (χ3n) is 6.84. The van der Waals surface area contributed by atoms with Gasteiger partial charge >= 0.3 is 0 Å². The average molecular weight is 375 g/mol. The normalized spacial score (nSPS) is 18.5. The maximum Gasteiger partial charge on any atom is 0.244 e. The van der Waals surface area contributed by atoms with E-state index < -0.39 is 0 Å². The zero-order valence-corrected chi connectivity index (χ0v) is 17.7. The summed E-state index contributed by atoms with van der Waals surface area (Å²) < 4.78 is 10.9. The molecule has 2 heterocycles. The van der Waals surface area contributed by atoms with Crippen LogP contribution in [0.3, 0.4) is 0 Å². The molecular weight excluding hydrogens is 344 g/mol. The zero-order valence-electron chi connectivity index (χ0n) is 17.7. The van der Waals surface area contributed by atoms with Crippen molar-refractivity contribution in [1.29, 1.82) is 0 Å². The predicted octanol–water partition coefficient (Wildman–Crippen LogP) is 5.97. The van der Waals surface area contributed by atoms with E-state index in [1.54, 1.807) is 0 Å². The molecule has 0 saturated carbocycles. The summed E-state index contributed by atoms with van der Waals surface area (Å²) in [5.41, 5.74) is 6.72. The van der Waals surface area contributed by atoms with Gasteiger partial charge in [0, 0.05) is 0 Å². The first-order chi connectivity index (χ1) is 13.3. The molecule has 0 saturated heterocycles. The number of para-hydroxylation sites is 1. The smallest absolute Gasteiger partial charge is 0.244 e. The molecular formula is C25H30N2O. The van der Waals surface area contributed by atoms with Crippen LogP contribution in [0.4, 0.5) is 0 Å². The summed E-state index contributed by atoms with van der Waals surface area (Å²) >= 11 is 0. The van der Waals surface area contributed by atoms with Crippen molar-refractivity contribution in [2.75, 3.05) is 0 Å². The average Bonchev–Trinajstić information content (AvgIpc) is 3.04. The Balaban J connectivity index is 1.77. The Morgan fingerprint density at radius 2 is 1.75 bits per heavy atom. The highest BCUT2D eigenvalue weighted by Gasteiger charge is 2.38. The van der Waals surface area contributed by atoms with Gasteiger partial charge in [-0.05, 0) is 59.4 Å². The van der Waals surface area contributed by atoms with Crippen LogP contribution in [0.5, 0.6) is 11.5 Å². The van der Waals surface area contributed by atoms with Gasteiger partial charge in [-0.3, -0.25) is 0 Å². The first kappa shape index (κ1) is 17.8. The molecule has 0 unspecified atom stereocenters. The van der Waals surface area contributed by atoms with Gasteiger partial charge in [0.05, 0.1) is 23.3 Å². The lowest BCUT2D eigenvalue weighted by atomic mass is 9.63. The van der Waals surface area contributed by atoms with E-state index in [-0.39, 0.29) is 10.8 Å². The number of hydrogen-bond donors (Lipinski definition) is 0. The largest absolute Gasteiger partial charge is 0.469 e. The maximum absolute atomic E-state index is 6.44. The lowest BCUT2D eigenvalue weighted by Crippen LogP contribution is -2.37. The Morgan fingerprint density at radius 3 is 2.46 bits per heavy atom. The minimum absolute atomic E-state index is 0.178. The van der Waals surface area contributed by atoms with E-state index in [0.29, 0.717) is 0 Å². The molecule has 0 N–H and O–H groups in total. The number of aromatic nitrogens is 2. The van der Waals surface area contributed by atoms with Gasteiger partial charge in [-0.15, -0.1) is 0 Å². The monoisotopic (exact) mass is 374 g/mol. The fourth-order valence-electron chi connectivity index (χ4n) is 4.88. The Bertz CT molecular complexity index is 1090. The second-order valence-electron chi connectivity index (χ2n) is 9.80. The summed E-state index contributed by atoms with van der Waals surface area (Å²) in [6.07, 6.45) is 8.39. The van der Waals surface area contributed by atoms with Gasteiger partial charge in [-0.25, -0.2) is 0 Å². The van der Waals surface area contributed by atoms with Gasteiger partial charge in [0.15, 0.2) is 0 Å². The standard InChI is InChI=1S/C25H30N2O/c1-6-7-13-26-16-27-20-14-17-18(25(4,5)12-11-24(17,2)3)15-22(20)28-21-10-8-9-19(26)23(21)27/h8-10,14-15H,6-7,11-13H2,1-5H3. The molecule has 146 valence electrons. The molecule has 0 radical (unpaired) electrons. The highest BCUT2D eigenvalue weighted by Crippen LogP contribution is 2.49. The predicted molar refractivity (Wildman–Crippen MR) is 113 cm³/mol. The number of ether oxygens (including phenoxy) is 1. The maximum atomic E-state index is 6.44. The van der Waals surface area contributed by atoms with Crippen molar-refractivity contribution in [3.05, 3.63) is 47.8 Å². The lowest BCUT2D eigenvalue weighted by molar-refractivity contribution is -0.575. The minimum Gasteiger partial charge on any atom is -0.469 e. The third kappa shape index (κ3) is 2.45. The van der Waals surface area contributed by atoms with Gasteiger partial charge in [-0.2, -0.15) is 0 Å². The van der Waals surface area contributed by atoms with E-state index in [9.17, 15) is 0 Å². The quantitative estimate of drug-likeness (QED) is 0.319. The molecule has 0 amide bonds. The topological polar surface area (TPSA) is 18.0 Å². The lowest BCUT2D eigenvalue weighted by Gasteiger charge is -2.42. The zero-order chi connectivity index (χ0) is 19.7. The summed E-state index contributed by atoms with van der Waals surface area (Å²) in [4.78, 5) is 0. The third-order valence-corrected chi connectivity index (χ3v) is 6.84. The number of unbranched alkanes of at least 4 members (excludes halogenated alkanes) is 1. The number of nitrogens with zero attached hydrogens (tertiary/aromatic N) is 2. The molecule has 1 aliphatic carbocycles. The van der Waals surface area contributed by atoms with E-state index in [4.69, 9.17) is 4.74 Å². The summed E-state index contributed by atoms with van der Waals surface area (Å²) in [7, 11) is 0. The van der Waals surface area contributed by atoms with Crippen LogP contribution >= 0.6 is 0 Å². The van der Waals surface area contributed by atoms with E-state index in [1.165, 1.54) is 35.9 Å². The molecule has 5 rings (SSSR count).